The summed E-state index contributed by atoms with van der Waals surface area (Å²) in [7, 11) is 0. The summed E-state index contributed by atoms with van der Waals surface area (Å²) in [5.41, 5.74) is 14.6. The highest BCUT2D eigenvalue weighted by Crippen LogP contribution is 2.46. The second-order valence-corrected chi connectivity index (χ2v) is 12.7. The van der Waals surface area contributed by atoms with Crippen LogP contribution in [0.3, 0.4) is 0 Å². The van der Waals surface area contributed by atoms with E-state index in [2.05, 4.69) is 204 Å². The number of rotatable bonds is 6. The van der Waals surface area contributed by atoms with Gasteiger partial charge in [-0.1, -0.05) is 121 Å². The van der Waals surface area contributed by atoms with Crippen LogP contribution in [0, 0.1) is 0 Å². The molecule has 0 bridgehead atoms. The molecule has 232 valence electrons. The van der Waals surface area contributed by atoms with Crippen LogP contribution in [0.15, 0.2) is 194 Å². The Morgan fingerprint density at radius 3 is 1.41 bits per heavy atom. The fraction of sp³-hybridized carbons (Fsp3) is 0.0213. The monoisotopic (exact) mass is 626 g/mol. The molecule has 0 saturated carbocycles. The largest absolute Gasteiger partial charge is 0.311 e. The summed E-state index contributed by atoms with van der Waals surface area (Å²) in [6, 6.07) is 70.1. The zero-order chi connectivity index (χ0) is 32.6. The molecule has 0 aliphatic carbocycles. The minimum atomic E-state index is 0.872. The zero-order valence-corrected chi connectivity index (χ0v) is 27.1. The van der Waals surface area contributed by atoms with Crippen molar-refractivity contribution in [3.05, 3.63) is 205 Å². The summed E-state index contributed by atoms with van der Waals surface area (Å²) in [6.45, 7) is 0. The fourth-order valence-corrected chi connectivity index (χ4v) is 7.21. The maximum Gasteiger partial charge on any atom is 0.0497 e. The number of hydrogen-bond donors (Lipinski definition) is 0. The van der Waals surface area contributed by atoms with Crippen LogP contribution in [0.4, 0.5) is 34.1 Å². The number of benzene rings is 8. The average molecular weight is 627 g/mol. The molecule has 0 atom stereocenters. The quantitative estimate of drug-likeness (QED) is 0.181. The first-order chi connectivity index (χ1) is 24.3. The lowest BCUT2D eigenvalue weighted by atomic mass is 9.90. The highest BCUT2D eigenvalue weighted by Gasteiger charge is 2.25. The number of hydrogen-bond acceptors (Lipinski definition) is 2. The molecule has 1 heterocycles. The Labute approximate surface area is 287 Å². The molecule has 2 heteroatoms. The number of anilines is 6. The summed E-state index contributed by atoms with van der Waals surface area (Å²) < 4.78 is 0. The molecular formula is C47H34N2. The standard InChI is InChI=1S/C47H34N2/c1-4-12-34(13-5-1)38-23-28-46-40(30-38)32-41-31-39(24-29-47(41)49(46)45-27-22-35-14-10-11-15-37(35)33-45)36-20-25-44(26-21-36)48(42-16-6-2-7-17-42)43-18-8-3-9-19-43/h1-31,33H,32H2. The second-order valence-electron chi connectivity index (χ2n) is 12.7. The van der Waals surface area contributed by atoms with Gasteiger partial charge in [0, 0.05) is 40.5 Å². The van der Waals surface area contributed by atoms with Crippen molar-refractivity contribution in [2.75, 3.05) is 9.80 Å². The minimum absolute atomic E-state index is 0.872. The van der Waals surface area contributed by atoms with Crippen LogP contribution in [0.1, 0.15) is 11.1 Å². The van der Waals surface area contributed by atoms with Crippen LogP contribution in [-0.2, 0) is 6.42 Å². The molecule has 0 aromatic heterocycles. The lowest BCUT2D eigenvalue weighted by Crippen LogP contribution is -2.18. The van der Waals surface area contributed by atoms with Gasteiger partial charge in [-0.3, -0.25) is 0 Å². The molecule has 9 rings (SSSR count). The molecule has 2 nitrogen and oxygen atoms in total. The molecular weight excluding hydrogens is 593 g/mol. The van der Waals surface area contributed by atoms with Gasteiger partial charge in [0.25, 0.3) is 0 Å². The Balaban J connectivity index is 1.12. The molecule has 8 aromatic carbocycles. The van der Waals surface area contributed by atoms with E-state index in [0.717, 1.165) is 23.5 Å². The second kappa shape index (κ2) is 12.3. The van der Waals surface area contributed by atoms with Crippen molar-refractivity contribution >= 4 is 44.9 Å². The molecule has 0 unspecified atom stereocenters. The van der Waals surface area contributed by atoms with E-state index < -0.39 is 0 Å². The van der Waals surface area contributed by atoms with Crippen LogP contribution < -0.4 is 9.80 Å². The van der Waals surface area contributed by atoms with E-state index in [4.69, 9.17) is 0 Å². The Bertz CT molecular complexity index is 2360. The molecule has 0 spiro atoms. The zero-order valence-electron chi connectivity index (χ0n) is 27.1. The van der Waals surface area contributed by atoms with Crippen LogP contribution >= 0.6 is 0 Å². The summed E-state index contributed by atoms with van der Waals surface area (Å²) in [4.78, 5) is 4.75. The van der Waals surface area contributed by atoms with Gasteiger partial charge in [-0.15, -0.1) is 0 Å². The summed E-state index contributed by atoms with van der Waals surface area (Å²) in [6.07, 6.45) is 0.872. The van der Waals surface area contributed by atoms with E-state index in [9.17, 15) is 0 Å². The van der Waals surface area contributed by atoms with Gasteiger partial charge in [0.1, 0.15) is 0 Å². The predicted molar refractivity (Wildman–Crippen MR) is 207 cm³/mol. The van der Waals surface area contributed by atoms with Crippen molar-refractivity contribution in [1.29, 1.82) is 0 Å². The van der Waals surface area contributed by atoms with Crippen molar-refractivity contribution in [3.63, 3.8) is 0 Å². The van der Waals surface area contributed by atoms with Crippen molar-refractivity contribution < 1.29 is 0 Å². The van der Waals surface area contributed by atoms with E-state index in [0.29, 0.717) is 0 Å². The van der Waals surface area contributed by atoms with Crippen LogP contribution in [0.5, 0.6) is 0 Å². The number of fused-ring (bicyclic) bond motifs is 3. The highest BCUT2D eigenvalue weighted by atomic mass is 15.2. The minimum Gasteiger partial charge on any atom is -0.311 e. The Kier molecular flexibility index (Phi) is 7.25. The first kappa shape index (κ1) is 28.8. The van der Waals surface area contributed by atoms with E-state index in [-0.39, 0.29) is 0 Å². The molecule has 49 heavy (non-hydrogen) atoms. The van der Waals surface area contributed by atoms with Crippen LogP contribution in [0.2, 0.25) is 0 Å². The third kappa shape index (κ3) is 5.44. The van der Waals surface area contributed by atoms with Gasteiger partial charge >= 0.3 is 0 Å². The van der Waals surface area contributed by atoms with E-state index in [1.54, 1.807) is 0 Å². The van der Waals surface area contributed by atoms with Gasteiger partial charge in [-0.05, 0) is 117 Å². The maximum atomic E-state index is 2.44. The normalized spacial score (nSPS) is 12.0. The summed E-state index contributed by atoms with van der Waals surface area (Å²) in [5, 5.41) is 2.49. The molecule has 0 saturated heterocycles. The van der Waals surface area contributed by atoms with Gasteiger partial charge in [0.15, 0.2) is 0 Å². The molecule has 8 aromatic rings. The van der Waals surface area contributed by atoms with Crippen molar-refractivity contribution in [2.24, 2.45) is 0 Å². The topological polar surface area (TPSA) is 6.48 Å². The third-order valence-corrected chi connectivity index (χ3v) is 9.61. The lowest BCUT2D eigenvalue weighted by Gasteiger charge is -2.34. The molecule has 1 aliphatic heterocycles. The first-order valence-corrected chi connectivity index (χ1v) is 16.9. The van der Waals surface area contributed by atoms with Gasteiger partial charge in [0.2, 0.25) is 0 Å². The first-order valence-electron chi connectivity index (χ1n) is 16.9. The fourth-order valence-electron chi connectivity index (χ4n) is 7.21. The molecule has 1 aliphatic rings. The number of para-hydroxylation sites is 2. The smallest absolute Gasteiger partial charge is 0.0497 e. The average Bonchev–Trinajstić information content (AvgIpc) is 3.18. The van der Waals surface area contributed by atoms with Crippen molar-refractivity contribution in [1.82, 2.24) is 0 Å². The van der Waals surface area contributed by atoms with E-state index in [1.807, 2.05) is 0 Å². The molecule has 0 amide bonds. The van der Waals surface area contributed by atoms with Crippen LogP contribution in [0.25, 0.3) is 33.0 Å². The molecule has 0 radical (unpaired) electrons. The van der Waals surface area contributed by atoms with Crippen molar-refractivity contribution in [2.45, 2.75) is 6.42 Å². The van der Waals surface area contributed by atoms with Gasteiger partial charge in [-0.25, -0.2) is 0 Å². The maximum absolute atomic E-state index is 2.44. The molecule has 0 N–H and O–H groups in total. The lowest BCUT2D eigenvalue weighted by molar-refractivity contribution is 1.09. The van der Waals surface area contributed by atoms with Crippen LogP contribution in [-0.4, -0.2) is 0 Å². The Hall–Kier alpha value is -6.38. The van der Waals surface area contributed by atoms with Crippen molar-refractivity contribution in [3.8, 4) is 22.3 Å². The SMILES string of the molecule is c1ccc(-c2ccc3c(c2)Cc2cc(-c4ccc(N(c5ccccc5)c5ccccc5)cc4)ccc2N3c2ccc3ccccc3c2)cc1. The van der Waals surface area contributed by atoms with E-state index >= 15 is 0 Å². The number of nitrogens with zero attached hydrogens (tertiary/aromatic N) is 2. The summed E-state index contributed by atoms with van der Waals surface area (Å²) >= 11 is 0. The Morgan fingerprint density at radius 2 is 0.816 bits per heavy atom. The predicted octanol–water partition coefficient (Wildman–Crippen LogP) is 13.0. The highest BCUT2D eigenvalue weighted by molar-refractivity contribution is 5.92. The van der Waals surface area contributed by atoms with E-state index in [1.165, 1.54) is 61.2 Å². The Morgan fingerprint density at radius 1 is 0.347 bits per heavy atom. The summed E-state index contributed by atoms with van der Waals surface area (Å²) in [5.74, 6) is 0. The van der Waals surface area contributed by atoms with Gasteiger partial charge in [0.05, 0.1) is 0 Å². The van der Waals surface area contributed by atoms with Gasteiger partial charge < -0.3 is 9.80 Å². The third-order valence-electron chi connectivity index (χ3n) is 9.61. The van der Waals surface area contributed by atoms with Gasteiger partial charge in [-0.2, -0.15) is 0 Å². The molecule has 0 fully saturated rings.